The quantitative estimate of drug-likeness (QED) is 0.714. The van der Waals surface area contributed by atoms with Crippen LogP contribution >= 0.6 is 11.6 Å². The van der Waals surface area contributed by atoms with Crippen LogP contribution < -0.4 is 5.32 Å². The first kappa shape index (κ1) is 14.2. The van der Waals surface area contributed by atoms with E-state index in [4.69, 9.17) is 20.4 Å². The van der Waals surface area contributed by atoms with Crippen LogP contribution in [0.1, 0.15) is 36.5 Å². The number of aryl methyl sites for hydroxylation is 1. The lowest BCUT2D eigenvalue weighted by Gasteiger charge is -2.15. The van der Waals surface area contributed by atoms with Gasteiger partial charge in [0.15, 0.2) is 0 Å². The van der Waals surface area contributed by atoms with Gasteiger partial charge in [0.2, 0.25) is 0 Å². The SMILES string of the molecule is CCCNC(c1cc2cc(Cl)ccc2o1)c1ccoc1C. The normalized spacial score (nSPS) is 12.9. The Morgan fingerprint density at radius 2 is 2.10 bits per heavy atom. The molecule has 0 radical (unpaired) electrons. The van der Waals surface area contributed by atoms with E-state index in [0.29, 0.717) is 5.02 Å². The lowest BCUT2D eigenvalue weighted by Crippen LogP contribution is -2.22. The summed E-state index contributed by atoms with van der Waals surface area (Å²) in [6.07, 6.45) is 2.77. The van der Waals surface area contributed by atoms with Crippen LogP contribution in [0.5, 0.6) is 0 Å². The summed E-state index contributed by atoms with van der Waals surface area (Å²) in [6.45, 7) is 5.02. The van der Waals surface area contributed by atoms with Crippen molar-refractivity contribution in [3.63, 3.8) is 0 Å². The number of rotatable bonds is 5. The van der Waals surface area contributed by atoms with E-state index in [1.807, 2.05) is 37.3 Å². The summed E-state index contributed by atoms with van der Waals surface area (Å²) in [5.41, 5.74) is 1.95. The van der Waals surface area contributed by atoms with Crippen molar-refractivity contribution in [3.05, 3.63) is 58.7 Å². The lowest BCUT2D eigenvalue weighted by atomic mass is 10.0. The monoisotopic (exact) mass is 303 g/mol. The van der Waals surface area contributed by atoms with E-state index in [-0.39, 0.29) is 6.04 Å². The lowest BCUT2D eigenvalue weighted by molar-refractivity contribution is 0.459. The summed E-state index contributed by atoms with van der Waals surface area (Å²) in [7, 11) is 0. The van der Waals surface area contributed by atoms with Gasteiger partial charge in [-0.25, -0.2) is 0 Å². The zero-order chi connectivity index (χ0) is 14.8. The van der Waals surface area contributed by atoms with Gasteiger partial charge in [-0.1, -0.05) is 18.5 Å². The maximum absolute atomic E-state index is 6.04. The van der Waals surface area contributed by atoms with Crippen LogP contribution in [0.15, 0.2) is 45.4 Å². The van der Waals surface area contributed by atoms with Gasteiger partial charge in [0.1, 0.15) is 17.1 Å². The van der Waals surface area contributed by atoms with Gasteiger partial charge in [-0.05, 0) is 50.2 Å². The summed E-state index contributed by atoms with van der Waals surface area (Å²) in [4.78, 5) is 0. The van der Waals surface area contributed by atoms with Gasteiger partial charge in [0, 0.05) is 16.0 Å². The molecule has 0 aliphatic rings. The molecule has 110 valence electrons. The number of benzene rings is 1. The van der Waals surface area contributed by atoms with Crippen molar-refractivity contribution in [1.29, 1.82) is 0 Å². The Morgan fingerprint density at radius 1 is 1.24 bits per heavy atom. The number of nitrogens with one attached hydrogen (secondary N) is 1. The van der Waals surface area contributed by atoms with Crippen LogP contribution in [-0.2, 0) is 0 Å². The Kier molecular flexibility index (Phi) is 4.04. The first-order valence-corrected chi connectivity index (χ1v) is 7.53. The highest BCUT2D eigenvalue weighted by Gasteiger charge is 2.21. The standard InChI is InChI=1S/C17H18ClNO2/c1-3-7-19-17(14-6-8-20-11(14)2)16-10-12-9-13(18)4-5-15(12)21-16/h4-6,8-10,17,19H,3,7H2,1-2H3. The summed E-state index contributed by atoms with van der Waals surface area (Å²) in [5, 5.41) is 5.25. The second-order valence-electron chi connectivity index (χ2n) is 5.15. The van der Waals surface area contributed by atoms with Gasteiger partial charge >= 0.3 is 0 Å². The Balaban J connectivity index is 2.03. The fourth-order valence-corrected chi connectivity index (χ4v) is 2.70. The van der Waals surface area contributed by atoms with E-state index in [1.54, 1.807) is 6.26 Å². The zero-order valence-electron chi connectivity index (χ0n) is 12.2. The molecule has 0 fully saturated rings. The number of hydrogen-bond donors (Lipinski definition) is 1. The van der Waals surface area contributed by atoms with E-state index < -0.39 is 0 Å². The molecule has 0 amide bonds. The first-order chi connectivity index (χ1) is 10.2. The van der Waals surface area contributed by atoms with Gasteiger partial charge in [0.05, 0.1) is 12.3 Å². The molecule has 21 heavy (non-hydrogen) atoms. The average molecular weight is 304 g/mol. The summed E-state index contributed by atoms with van der Waals surface area (Å²) in [5.74, 6) is 1.78. The predicted octanol–water partition coefficient (Wildman–Crippen LogP) is 5.08. The van der Waals surface area contributed by atoms with Crippen LogP contribution in [0.2, 0.25) is 5.02 Å². The van der Waals surface area contributed by atoms with Crippen molar-refractivity contribution in [2.75, 3.05) is 6.54 Å². The molecule has 1 aromatic carbocycles. The maximum atomic E-state index is 6.04. The van der Waals surface area contributed by atoms with Crippen LogP contribution in [0, 0.1) is 6.92 Å². The van der Waals surface area contributed by atoms with Crippen LogP contribution in [-0.4, -0.2) is 6.54 Å². The van der Waals surface area contributed by atoms with Gasteiger partial charge in [-0.15, -0.1) is 0 Å². The molecule has 0 aliphatic carbocycles. The molecule has 0 saturated heterocycles. The molecule has 1 atom stereocenters. The molecule has 3 aromatic rings. The molecule has 3 rings (SSSR count). The van der Waals surface area contributed by atoms with Crippen molar-refractivity contribution in [1.82, 2.24) is 5.32 Å². The molecular formula is C17H18ClNO2. The largest absolute Gasteiger partial charge is 0.469 e. The Hall–Kier alpha value is -1.71. The zero-order valence-corrected chi connectivity index (χ0v) is 12.9. The van der Waals surface area contributed by atoms with E-state index in [1.165, 1.54) is 0 Å². The molecule has 2 aromatic heterocycles. The highest BCUT2D eigenvalue weighted by molar-refractivity contribution is 6.31. The molecule has 4 heteroatoms. The number of fused-ring (bicyclic) bond motifs is 1. The second-order valence-corrected chi connectivity index (χ2v) is 5.59. The predicted molar refractivity (Wildman–Crippen MR) is 84.8 cm³/mol. The van der Waals surface area contributed by atoms with Crippen molar-refractivity contribution in [3.8, 4) is 0 Å². The minimum Gasteiger partial charge on any atom is -0.469 e. The van der Waals surface area contributed by atoms with E-state index >= 15 is 0 Å². The van der Waals surface area contributed by atoms with Crippen LogP contribution in [0.4, 0.5) is 0 Å². The summed E-state index contributed by atoms with van der Waals surface area (Å²) in [6, 6.07) is 9.69. The number of hydrogen-bond acceptors (Lipinski definition) is 3. The molecule has 2 heterocycles. The Labute approximate surface area is 128 Å². The fraction of sp³-hybridized carbons (Fsp3) is 0.294. The minimum atomic E-state index is -0.00474. The average Bonchev–Trinajstić information content (AvgIpc) is 3.06. The van der Waals surface area contributed by atoms with Gasteiger partial charge in [0.25, 0.3) is 0 Å². The van der Waals surface area contributed by atoms with Crippen molar-refractivity contribution in [2.24, 2.45) is 0 Å². The highest BCUT2D eigenvalue weighted by Crippen LogP contribution is 2.31. The molecule has 0 spiro atoms. The van der Waals surface area contributed by atoms with E-state index in [0.717, 1.165) is 41.0 Å². The smallest absolute Gasteiger partial charge is 0.134 e. The number of furan rings is 2. The third kappa shape index (κ3) is 2.85. The molecule has 0 aliphatic heterocycles. The fourth-order valence-electron chi connectivity index (χ4n) is 2.52. The molecule has 0 saturated carbocycles. The van der Waals surface area contributed by atoms with Gasteiger partial charge < -0.3 is 14.2 Å². The molecule has 0 bridgehead atoms. The third-order valence-electron chi connectivity index (χ3n) is 3.59. The summed E-state index contributed by atoms with van der Waals surface area (Å²) >= 11 is 6.04. The number of halogens is 1. The van der Waals surface area contributed by atoms with Gasteiger partial charge in [-0.3, -0.25) is 0 Å². The molecule has 1 N–H and O–H groups in total. The van der Waals surface area contributed by atoms with Crippen LogP contribution in [0.3, 0.4) is 0 Å². The highest BCUT2D eigenvalue weighted by atomic mass is 35.5. The van der Waals surface area contributed by atoms with E-state index in [2.05, 4.69) is 12.2 Å². The Bertz CT molecular complexity index is 744. The maximum Gasteiger partial charge on any atom is 0.134 e. The summed E-state index contributed by atoms with van der Waals surface area (Å²) < 4.78 is 11.4. The molecular weight excluding hydrogens is 286 g/mol. The topological polar surface area (TPSA) is 38.3 Å². The van der Waals surface area contributed by atoms with Gasteiger partial charge in [-0.2, -0.15) is 0 Å². The second kappa shape index (κ2) is 5.96. The van der Waals surface area contributed by atoms with Crippen LogP contribution in [0.25, 0.3) is 11.0 Å². The van der Waals surface area contributed by atoms with Crippen molar-refractivity contribution < 1.29 is 8.83 Å². The molecule has 3 nitrogen and oxygen atoms in total. The minimum absolute atomic E-state index is 0.00474. The first-order valence-electron chi connectivity index (χ1n) is 7.15. The third-order valence-corrected chi connectivity index (χ3v) is 3.83. The van der Waals surface area contributed by atoms with Crippen molar-refractivity contribution in [2.45, 2.75) is 26.3 Å². The Morgan fingerprint density at radius 3 is 2.81 bits per heavy atom. The molecule has 1 unspecified atom stereocenters. The van der Waals surface area contributed by atoms with E-state index in [9.17, 15) is 0 Å². The van der Waals surface area contributed by atoms with Crippen molar-refractivity contribution >= 4 is 22.6 Å².